The maximum Gasteiger partial charge on any atom is 0.408 e. The Balaban J connectivity index is 1.21. The second-order valence-electron chi connectivity index (χ2n) is 30.2. The molecule has 4 aromatic rings. The lowest BCUT2D eigenvalue weighted by atomic mass is 9.80. The van der Waals surface area contributed by atoms with Crippen molar-refractivity contribution in [3.63, 3.8) is 0 Å². The lowest BCUT2D eigenvalue weighted by molar-refractivity contribution is -0.159. The Labute approximate surface area is 608 Å². The van der Waals surface area contributed by atoms with Crippen molar-refractivity contribution in [1.29, 1.82) is 0 Å². The topological polar surface area (TPSA) is 252 Å². The molecule has 0 aliphatic rings. The lowest BCUT2D eigenvalue weighted by Crippen LogP contribution is -2.48. The number of hydrogen-bond acceptors (Lipinski definition) is 14. The van der Waals surface area contributed by atoms with Crippen LogP contribution < -0.4 is 26.6 Å². The Morgan fingerprint density at radius 1 is 0.406 bits per heavy atom. The summed E-state index contributed by atoms with van der Waals surface area (Å²) in [6.07, 6.45) is 18.7. The first-order valence-corrected chi connectivity index (χ1v) is 39.0. The van der Waals surface area contributed by atoms with Crippen LogP contribution in [0.15, 0.2) is 115 Å². The maximum atomic E-state index is 14.8. The van der Waals surface area contributed by atoms with E-state index in [2.05, 4.69) is 26.6 Å². The minimum atomic E-state index is -3.17. The van der Waals surface area contributed by atoms with Crippen LogP contribution in [-0.4, -0.2) is 102 Å². The molecule has 4 aromatic carbocycles. The van der Waals surface area contributed by atoms with Gasteiger partial charge in [-0.25, -0.2) is 19.2 Å². The normalized spacial score (nSPS) is 13.0. The molecule has 0 aliphatic carbocycles. The van der Waals surface area contributed by atoms with E-state index in [0.29, 0.717) is 60.0 Å². The van der Waals surface area contributed by atoms with E-state index in [4.69, 9.17) is 39.6 Å². The summed E-state index contributed by atoms with van der Waals surface area (Å²) in [5.74, 6) is -2.42. The van der Waals surface area contributed by atoms with E-state index in [-0.39, 0.29) is 63.6 Å². The minimum Gasteiger partial charge on any atom is -0.458 e. The number of carbonyl (C=O) groups excluding carboxylic acids is 7. The second kappa shape index (κ2) is 44.7. The van der Waals surface area contributed by atoms with Crippen LogP contribution in [-0.2, 0) is 68.7 Å². The van der Waals surface area contributed by atoms with Gasteiger partial charge in [-0.15, -0.1) is 0 Å². The smallest absolute Gasteiger partial charge is 0.408 e. The number of rotatable bonds is 46. The van der Waals surface area contributed by atoms with E-state index in [9.17, 15) is 38.1 Å². The summed E-state index contributed by atoms with van der Waals surface area (Å²) in [6.45, 7) is 22.2. The first-order chi connectivity index (χ1) is 47.8. The van der Waals surface area contributed by atoms with Crippen molar-refractivity contribution < 1.29 is 66.1 Å². The molecule has 19 nitrogen and oxygen atoms in total. The molecule has 0 fully saturated rings. The first-order valence-electron chi connectivity index (χ1n) is 36.9. The molecule has 5 amide bonds. The number of esters is 2. The molecule has 562 valence electrons. The highest BCUT2D eigenvalue weighted by atomic mass is 35.5. The number of unbranched alkanes of at least 4 members (excludes halogenated alkanes) is 17. The second-order valence-corrected chi connectivity index (χ2v) is 32.7. The summed E-state index contributed by atoms with van der Waals surface area (Å²) < 4.78 is 48.7. The number of ether oxygens (including phenoxy) is 4. The van der Waals surface area contributed by atoms with E-state index >= 15 is 0 Å². The number of halogens is 1. The standard InChI is InChI=1S/C80H121ClN5O14P/c1-76(2,3)96-72(90)68(84-70(88)54-36-25-23-21-19-17-15-13-14-16-18-20-22-24-26-43-59-101(94,99-78(7,8)9)100-79(10,11)12)55-56-69(87)82-57-41-39-52-66(85-75(93)98-77(4,5)6)71(89)83-58-42-40-53-67(86-74(92)95-60-61-44-30-27-31-45-61)73(91)97-80(62-46-32-28-33-47-62,63-48-34-29-35-49-63)64-50-37-38-51-65(64)81/h27-35,37-38,44-51,66-68H,13-26,36,39-43,52-60H2,1-12H3,(H,82,87)(H,83,89)(H,84,88)(H,85,93)(H,86,92)/t66-,67-,68-/m0/s1. The van der Waals surface area contributed by atoms with Crippen LogP contribution in [0.25, 0.3) is 0 Å². The van der Waals surface area contributed by atoms with Crippen molar-refractivity contribution in [2.24, 2.45) is 0 Å². The van der Waals surface area contributed by atoms with Gasteiger partial charge < -0.3 is 54.6 Å². The summed E-state index contributed by atoms with van der Waals surface area (Å²) in [5, 5.41) is 14.4. The SMILES string of the molecule is CC(C)(C)OC(=O)N[C@@H](CCCCNC(=O)CC[C@H](NC(=O)CCCCCCCCCCCCCCCCCCP(=O)(OC(C)(C)C)OC(C)(C)C)C(=O)OC(C)(C)C)C(=O)NCCCC[C@H](NC(=O)OCc1ccccc1)C(=O)OC(c1ccccc1)(c1ccccc1)c1ccccc1Cl. The predicted molar refractivity (Wildman–Crippen MR) is 400 cm³/mol. The number of alkyl carbamates (subject to hydrolysis) is 2. The first kappa shape index (κ1) is 86.6. The zero-order valence-corrected chi connectivity index (χ0v) is 64.4. The molecule has 4 rings (SSSR count). The molecule has 0 spiro atoms. The third-order valence-electron chi connectivity index (χ3n) is 16.2. The highest BCUT2D eigenvalue weighted by Gasteiger charge is 2.44. The number of carbonyl (C=O) groups is 7. The Hall–Kier alpha value is -6.79. The molecule has 0 aliphatic heterocycles. The summed E-state index contributed by atoms with van der Waals surface area (Å²) in [4.78, 5) is 95.0. The Morgan fingerprint density at radius 3 is 1.33 bits per heavy atom. The molecular weight excluding hydrogens is 1320 g/mol. The van der Waals surface area contributed by atoms with Crippen LogP contribution in [0.3, 0.4) is 0 Å². The van der Waals surface area contributed by atoms with Crippen LogP contribution in [0.1, 0.15) is 266 Å². The van der Waals surface area contributed by atoms with Crippen molar-refractivity contribution in [2.45, 2.75) is 296 Å². The summed E-state index contributed by atoms with van der Waals surface area (Å²) >= 11 is 6.95. The van der Waals surface area contributed by atoms with Gasteiger partial charge in [-0.05, 0) is 153 Å². The van der Waals surface area contributed by atoms with Crippen molar-refractivity contribution in [2.75, 3.05) is 19.3 Å². The number of amides is 5. The van der Waals surface area contributed by atoms with Gasteiger partial charge in [-0.2, -0.15) is 0 Å². The van der Waals surface area contributed by atoms with Gasteiger partial charge in [0.1, 0.15) is 35.9 Å². The van der Waals surface area contributed by atoms with E-state index < -0.39 is 83.8 Å². The molecule has 0 bridgehead atoms. The molecule has 0 saturated heterocycles. The highest BCUT2D eigenvalue weighted by molar-refractivity contribution is 7.53. The van der Waals surface area contributed by atoms with Crippen LogP contribution in [0.2, 0.25) is 5.02 Å². The van der Waals surface area contributed by atoms with Gasteiger partial charge in [-0.1, -0.05) is 211 Å². The quantitative estimate of drug-likeness (QED) is 0.00907. The summed E-state index contributed by atoms with van der Waals surface area (Å²) in [6, 6.07) is 31.5. The fourth-order valence-corrected chi connectivity index (χ4v) is 14.4. The Morgan fingerprint density at radius 2 is 0.832 bits per heavy atom. The van der Waals surface area contributed by atoms with Crippen LogP contribution in [0.5, 0.6) is 0 Å². The van der Waals surface area contributed by atoms with Crippen LogP contribution in [0, 0.1) is 0 Å². The predicted octanol–water partition coefficient (Wildman–Crippen LogP) is 18.0. The number of nitrogens with one attached hydrogen (secondary N) is 5. The van der Waals surface area contributed by atoms with Crippen molar-refractivity contribution in [1.82, 2.24) is 26.6 Å². The molecule has 0 aromatic heterocycles. The third kappa shape index (κ3) is 36.8. The molecule has 0 unspecified atom stereocenters. The third-order valence-corrected chi connectivity index (χ3v) is 19.1. The molecule has 3 atom stereocenters. The zero-order valence-electron chi connectivity index (χ0n) is 62.7. The van der Waals surface area contributed by atoms with Crippen molar-refractivity contribution in [3.05, 3.63) is 143 Å². The molecular formula is C80H121ClN5O14P. The lowest BCUT2D eigenvalue weighted by Gasteiger charge is -2.37. The Bertz CT molecular complexity index is 3090. The van der Waals surface area contributed by atoms with Crippen LogP contribution in [0.4, 0.5) is 9.59 Å². The van der Waals surface area contributed by atoms with Crippen molar-refractivity contribution in [3.8, 4) is 0 Å². The summed E-state index contributed by atoms with van der Waals surface area (Å²) in [5.41, 5.74) is -1.75. The van der Waals surface area contributed by atoms with Gasteiger partial charge in [0.2, 0.25) is 17.7 Å². The largest absolute Gasteiger partial charge is 0.458 e. The van der Waals surface area contributed by atoms with E-state index in [1.165, 1.54) is 57.8 Å². The van der Waals surface area contributed by atoms with E-state index in [1.54, 1.807) is 59.7 Å². The fraction of sp³-hybridized carbons (Fsp3) is 0.613. The van der Waals surface area contributed by atoms with Gasteiger partial charge in [0, 0.05) is 47.6 Å². The average molecular weight is 1440 g/mol. The van der Waals surface area contributed by atoms with E-state index in [0.717, 1.165) is 44.1 Å². The number of benzene rings is 4. The maximum absolute atomic E-state index is 14.8. The molecule has 21 heteroatoms. The van der Waals surface area contributed by atoms with Gasteiger partial charge in [-0.3, -0.25) is 18.9 Å². The Kier molecular flexibility index (Phi) is 38.3. The molecule has 0 saturated carbocycles. The van der Waals surface area contributed by atoms with Crippen LogP contribution >= 0.6 is 19.2 Å². The zero-order chi connectivity index (χ0) is 74.4. The molecule has 101 heavy (non-hydrogen) atoms. The highest BCUT2D eigenvalue weighted by Crippen LogP contribution is 2.55. The monoisotopic (exact) mass is 1440 g/mol. The van der Waals surface area contributed by atoms with Gasteiger partial charge in [0.15, 0.2) is 5.60 Å². The minimum absolute atomic E-state index is 0.0406. The molecule has 0 radical (unpaired) electrons. The summed E-state index contributed by atoms with van der Waals surface area (Å²) in [7, 11) is -3.17. The van der Waals surface area contributed by atoms with E-state index in [1.807, 2.05) is 139 Å². The van der Waals surface area contributed by atoms with Gasteiger partial charge in [0.05, 0.1) is 17.4 Å². The fourth-order valence-electron chi connectivity index (χ4n) is 11.6. The van der Waals surface area contributed by atoms with Gasteiger partial charge >= 0.3 is 31.7 Å². The molecule has 0 heterocycles. The van der Waals surface area contributed by atoms with Gasteiger partial charge in [0.25, 0.3) is 0 Å². The molecule has 5 N–H and O–H groups in total. The average Bonchev–Trinajstić information content (AvgIpc) is 0.746. The van der Waals surface area contributed by atoms with Crippen molar-refractivity contribution >= 4 is 61.0 Å². The number of hydrogen-bond donors (Lipinski definition) is 5.